The van der Waals surface area contributed by atoms with E-state index >= 15 is 0 Å². The van der Waals surface area contributed by atoms with Crippen LogP contribution in [0.5, 0.6) is 0 Å². The van der Waals surface area contributed by atoms with Crippen LogP contribution in [0.4, 0.5) is 0 Å². The number of nitrogens with two attached hydrogens (primary N) is 1. The van der Waals surface area contributed by atoms with Crippen LogP contribution < -0.4 is 5.73 Å². The van der Waals surface area contributed by atoms with Crippen LogP contribution in [0, 0.1) is 6.92 Å². The normalized spacial score (nSPS) is 9.25. The zero-order valence-corrected chi connectivity index (χ0v) is 11.3. The van der Waals surface area contributed by atoms with Crippen LogP contribution in [0.15, 0.2) is 24.3 Å². The van der Waals surface area contributed by atoms with E-state index in [0.717, 1.165) is 5.56 Å². The summed E-state index contributed by atoms with van der Waals surface area (Å²) in [5.41, 5.74) is 6.67. The Morgan fingerprint density at radius 2 is 1.55 bits per heavy atom. The van der Waals surface area contributed by atoms with Crippen molar-refractivity contribution in [3.63, 3.8) is 0 Å². The minimum absolute atomic E-state index is 0.0628. The van der Waals surface area contributed by atoms with Gasteiger partial charge in [-0.1, -0.05) is 17.7 Å². The molecule has 0 saturated carbocycles. The molecule has 1 rings (SSSR count). The molecule has 0 aliphatic carbocycles. The van der Waals surface area contributed by atoms with Crippen LogP contribution in [-0.2, 0) is 9.59 Å². The number of hydrogen-bond donors (Lipinski definition) is 3. The molecule has 0 bridgehead atoms. The first-order chi connectivity index (χ1) is 9.32. The van der Waals surface area contributed by atoms with Gasteiger partial charge in [0.2, 0.25) is 5.91 Å². The first-order valence-corrected chi connectivity index (χ1v) is 6.13. The number of aliphatic carboxylic acids is 2. The van der Waals surface area contributed by atoms with E-state index in [9.17, 15) is 14.4 Å². The topological polar surface area (TPSA) is 118 Å². The summed E-state index contributed by atoms with van der Waals surface area (Å²) in [6.45, 7) is 1.92. The minimum Gasteiger partial charge on any atom is -0.481 e. The number of carbonyl (C=O) groups is 3. The summed E-state index contributed by atoms with van der Waals surface area (Å²) in [7, 11) is 0. The molecule has 110 valence electrons. The second kappa shape index (κ2) is 9.55. The Kier molecular flexibility index (Phi) is 8.41. The van der Waals surface area contributed by atoms with Crippen LogP contribution in [0.25, 0.3) is 0 Å². The fourth-order valence-electron chi connectivity index (χ4n) is 1.35. The van der Waals surface area contributed by atoms with Gasteiger partial charge in [0.25, 0.3) is 0 Å². The Labute approximate surface area is 117 Å². The third kappa shape index (κ3) is 9.64. The zero-order valence-electron chi connectivity index (χ0n) is 11.3. The highest BCUT2D eigenvalue weighted by Crippen LogP contribution is 2.01. The summed E-state index contributed by atoms with van der Waals surface area (Å²) >= 11 is 0. The molecule has 0 aliphatic rings. The number of rotatable bonds is 6. The lowest BCUT2D eigenvalue weighted by atomic mass is 10.1. The molecular weight excluding hydrogens is 262 g/mol. The molecule has 0 radical (unpaired) electrons. The van der Waals surface area contributed by atoms with Crippen LogP contribution in [0.2, 0.25) is 0 Å². The Balaban J connectivity index is 0.000000361. The lowest BCUT2D eigenvalue weighted by Gasteiger charge is -1.94. The molecule has 0 unspecified atom stereocenters. The van der Waals surface area contributed by atoms with Crippen LogP contribution in [0.1, 0.15) is 41.6 Å². The summed E-state index contributed by atoms with van der Waals surface area (Å²) in [5, 5.41) is 16.3. The number of amides is 1. The van der Waals surface area contributed by atoms with Crippen molar-refractivity contribution >= 4 is 17.8 Å². The van der Waals surface area contributed by atoms with Gasteiger partial charge < -0.3 is 15.9 Å². The second-order valence-electron chi connectivity index (χ2n) is 4.23. The molecule has 6 heteroatoms. The Morgan fingerprint density at radius 3 is 1.85 bits per heavy atom. The predicted octanol–water partition coefficient (Wildman–Crippen LogP) is 1.81. The summed E-state index contributed by atoms with van der Waals surface area (Å²) < 4.78 is 0. The van der Waals surface area contributed by atoms with Gasteiger partial charge in [0.15, 0.2) is 0 Å². The minimum atomic E-state index is -0.870. The number of hydrogen-bond acceptors (Lipinski definition) is 3. The molecule has 0 spiro atoms. The van der Waals surface area contributed by atoms with E-state index in [1.165, 1.54) is 0 Å². The van der Waals surface area contributed by atoms with Crippen LogP contribution in [-0.4, -0.2) is 28.1 Å². The first kappa shape index (κ1) is 17.6. The molecule has 0 saturated heterocycles. The van der Waals surface area contributed by atoms with E-state index in [1.807, 2.05) is 19.1 Å². The average Bonchev–Trinajstić information content (AvgIpc) is 2.35. The van der Waals surface area contributed by atoms with Gasteiger partial charge in [-0.05, 0) is 31.9 Å². The molecule has 0 fully saturated rings. The van der Waals surface area contributed by atoms with Crippen molar-refractivity contribution in [1.29, 1.82) is 0 Å². The largest absolute Gasteiger partial charge is 0.481 e. The van der Waals surface area contributed by atoms with E-state index in [2.05, 4.69) is 0 Å². The molecule has 6 nitrogen and oxygen atoms in total. The van der Waals surface area contributed by atoms with Gasteiger partial charge >= 0.3 is 11.9 Å². The smallest absolute Gasteiger partial charge is 0.303 e. The Morgan fingerprint density at radius 1 is 1.05 bits per heavy atom. The fraction of sp³-hybridized carbons (Fsp3) is 0.357. The van der Waals surface area contributed by atoms with Gasteiger partial charge in [-0.25, -0.2) is 0 Å². The number of carboxylic acid groups (broad SMARTS) is 2. The maximum Gasteiger partial charge on any atom is 0.303 e. The predicted molar refractivity (Wildman–Crippen MR) is 73.4 cm³/mol. The van der Waals surface area contributed by atoms with E-state index in [4.69, 9.17) is 15.9 Å². The molecule has 1 aromatic carbocycles. The quantitative estimate of drug-likeness (QED) is 0.687. The van der Waals surface area contributed by atoms with E-state index in [1.54, 1.807) is 12.1 Å². The second-order valence-corrected chi connectivity index (χ2v) is 4.23. The van der Waals surface area contributed by atoms with Crippen molar-refractivity contribution in [3.05, 3.63) is 35.4 Å². The van der Waals surface area contributed by atoms with Gasteiger partial charge in [0.1, 0.15) is 0 Å². The zero-order chi connectivity index (χ0) is 15.5. The standard InChI is InChI=1S/C8H9NO.C6H10O4/c1-6-3-2-4-7(5-6)8(9)10;7-5(8)3-1-2-4-6(9)10/h2-5H,1H3,(H2,9,10);1-4H2,(H,7,8)(H,9,10). The Hall–Kier alpha value is -2.37. The van der Waals surface area contributed by atoms with Gasteiger partial charge in [-0.3, -0.25) is 14.4 Å². The molecule has 20 heavy (non-hydrogen) atoms. The van der Waals surface area contributed by atoms with Gasteiger partial charge in [0, 0.05) is 18.4 Å². The van der Waals surface area contributed by atoms with Crippen LogP contribution >= 0.6 is 0 Å². The lowest BCUT2D eigenvalue weighted by Crippen LogP contribution is -2.10. The maximum absolute atomic E-state index is 10.6. The van der Waals surface area contributed by atoms with Crippen LogP contribution in [0.3, 0.4) is 0 Å². The Bertz CT molecular complexity index is 454. The van der Waals surface area contributed by atoms with Gasteiger partial charge in [-0.2, -0.15) is 0 Å². The molecule has 1 aromatic rings. The van der Waals surface area contributed by atoms with Gasteiger partial charge in [-0.15, -0.1) is 0 Å². The molecule has 1 amide bonds. The highest BCUT2D eigenvalue weighted by molar-refractivity contribution is 5.92. The monoisotopic (exact) mass is 281 g/mol. The molecule has 0 aromatic heterocycles. The van der Waals surface area contributed by atoms with Crippen molar-refractivity contribution < 1.29 is 24.6 Å². The van der Waals surface area contributed by atoms with E-state index < -0.39 is 11.9 Å². The van der Waals surface area contributed by atoms with Gasteiger partial charge in [0.05, 0.1) is 0 Å². The van der Waals surface area contributed by atoms with Crippen molar-refractivity contribution in [2.75, 3.05) is 0 Å². The molecular formula is C14H19NO5. The van der Waals surface area contributed by atoms with Crippen molar-refractivity contribution in [1.82, 2.24) is 0 Å². The average molecular weight is 281 g/mol. The van der Waals surface area contributed by atoms with Crippen molar-refractivity contribution in [2.24, 2.45) is 5.73 Å². The van der Waals surface area contributed by atoms with E-state index in [-0.39, 0.29) is 18.7 Å². The summed E-state index contributed by atoms with van der Waals surface area (Å²) in [6, 6.07) is 7.21. The third-order valence-electron chi connectivity index (χ3n) is 2.33. The van der Waals surface area contributed by atoms with Crippen molar-refractivity contribution in [2.45, 2.75) is 32.6 Å². The molecule has 0 heterocycles. The molecule has 0 atom stereocenters. The SMILES string of the molecule is Cc1cccc(C(N)=O)c1.O=C(O)CCCCC(=O)O. The summed E-state index contributed by atoms with van der Waals surface area (Å²) in [6.07, 6.45) is 1.02. The van der Waals surface area contributed by atoms with E-state index in [0.29, 0.717) is 18.4 Å². The maximum atomic E-state index is 10.6. The number of unbranched alkanes of at least 4 members (excludes halogenated alkanes) is 1. The summed E-state index contributed by atoms with van der Waals surface area (Å²) in [5.74, 6) is -2.11. The highest BCUT2D eigenvalue weighted by Gasteiger charge is 1.99. The number of carbonyl (C=O) groups excluding carboxylic acids is 1. The highest BCUT2D eigenvalue weighted by atomic mass is 16.4. The first-order valence-electron chi connectivity index (χ1n) is 6.13. The third-order valence-corrected chi connectivity index (χ3v) is 2.33. The number of carboxylic acids is 2. The fourth-order valence-corrected chi connectivity index (χ4v) is 1.35. The lowest BCUT2D eigenvalue weighted by molar-refractivity contribution is -0.139. The summed E-state index contributed by atoms with van der Waals surface area (Å²) in [4.78, 5) is 30.4. The molecule has 0 aliphatic heterocycles. The number of benzene rings is 1. The molecule has 4 N–H and O–H groups in total. The number of primary amides is 1. The number of aryl methyl sites for hydroxylation is 1. The van der Waals surface area contributed by atoms with Crippen molar-refractivity contribution in [3.8, 4) is 0 Å².